The molecule has 0 aromatic heterocycles. The molecule has 0 aromatic rings. The van der Waals surface area contributed by atoms with Crippen molar-refractivity contribution in [3.63, 3.8) is 0 Å². The summed E-state index contributed by atoms with van der Waals surface area (Å²) >= 11 is 0. The van der Waals surface area contributed by atoms with Crippen LogP contribution in [0.5, 0.6) is 0 Å². The first-order chi connectivity index (χ1) is 5.72. The molecule has 2 N–H and O–H groups in total. The molecule has 0 radical (unpaired) electrons. The fraction of sp³-hybridized carbons (Fsp3) is 0.714. The summed E-state index contributed by atoms with van der Waals surface area (Å²) in [5.74, 6) is -0.797. The maximum atomic E-state index is 10.1. The lowest BCUT2D eigenvalue weighted by Crippen LogP contribution is -2.57. The second-order valence-electron chi connectivity index (χ2n) is 2.85. The Labute approximate surface area is 70.4 Å². The van der Waals surface area contributed by atoms with Crippen LogP contribution in [-0.2, 0) is 9.59 Å². The molecule has 1 amide bonds. The van der Waals surface area contributed by atoms with Gasteiger partial charge in [0.2, 0.25) is 6.41 Å². The van der Waals surface area contributed by atoms with Crippen molar-refractivity contribution < 1.29 is 14.7 Å². The molecule has 5 nitrogen and oxygen atoms in total. The quantitative estimate of drug-likeness (QED) is 0.516. The number of hydrogen-bond acceptors (Lipinski definition) is 3. The first-order valence-corrected chi connectivity index (χ1v) is 3.87. The molecule has 0 atom stereocenters. The number of aliphatic carboxylic acids is 1. The van der Waals surface area contributed by atoms with E-state index in [0.717, 1.165) is 6.41 Å². The average molecular weight is 172 g/mol. The minimum atomic E-state index is -0.797. The number of nitrogens with zero attached hydrogens (tertiary/aromatic N) is 1. The minimum absolute atomic E-state index is 0.136. The second-order valence-corrected chi connectivity index (χ2v) is 2.85. The molecule has 0 aromatic carbocycles. The predicted octanol–water partition coefficient (Wildman–Crippen LogP) is -1.11. The van der Waals surface area contributed by atoms with Gasteiger partial charge in [0.15, 0.2) is 0 Å². The van der Waals surface area contributed by atoms with Crippen molar-refractivity contribution in [3.8, 4) is 0 Å². The molecule has 1 saturated heterocycles. The van der Waals surface area contributed by atoms with E-state index in [9.17, 15) is 9.59 Å². The Morgan fingerprint density at radius 1 is 1.67 bits per heavy atom. The summed E-state index contributed by atoms with van der Waals surface area (Å²) in [4.78, 5) is 21.9. The first-order valence-electron chi connectivity index (χ1n) is 3.87. The Kier molecular flexibility index (Phi) is 3.04. The van der Waals surface area contributed by atoms with Gasteiger partial charge in [-0.15, -0.1) is 0 Å². The number of hydrogen-bond donors (Lipinski definition) is 2. The number of rotatable bonds is 5. The predicted molar refractivity (Wildman–Crippen MR) is 41.7 cm³/mol. The summed E-state index contributed by atoms with van der Waals surface area (Å²) in [6.07, 6.45) is 0.937. The second kappa shape index (κ2) is 4.06. The molecule has 5 heteroatoms. The highest BCUT2D eigenvalue weighted by Crippen LogP contribution is 2.03. The Bertz CT molecular complexity index is 177. The van der Waals surface area contributed by atoms with Crippen LogP contribution in [-0.4, -0.2) is 48.1 Å². The molecule has 1 aliphatic heterocycles. The van der Waals surface area contributed by atoms with E-state index in [2.05, 4.69) is 5.32 Å². The highest BCUT2D eigenvalue weighted by atomic mass is 16.4. The van der Waals surface area contributed by atoms with Crippen molar-refractivity contribution in [2.24, 2.45) is 0 Å². The summed E-state index contributed by atoms with van der Waals surface area (Å²) in [5, 5.41) is 11.3. The average Bonchev–Trinajstić information content (AvgIpc) is 1.93. The topological polar surface area (TPSA) is 69.6 Å². The van der Waals surface area contributed by atoms with Gasteiger partial charge in [-0.2, -0.15) is 0 Å². The number of carboxylic acid groups (broad SMARTS) is 1. The largest absolute Gasteiger partial charge is 0.481 e. The SMILES string of the molecule is O=CN1CC(NCCC(=O)O)C1. The van der Waals surface area contributed by atoms with E-state index in [1.807, 2.05) is 0 Å². The number of likely N-dealkylation sites (tertiary alicyclic amines) is 1. The van der Waals surface area contributed by atoms with Gasteiger partial charge in [-0.25, -0.2) is 0 Å². The van der Waals surface area contributed by atoms with Crippen LogP contribution < -0.4 is 5.32 Å². The van der Waals surface area contributed by atoms with Gasteiger partial charge in [-0.05, 0) is 0 Å². The number of amides is 1. The number of carboxylic acids is 1. The van der Waals surface area contributed by atoms with Crippen molar-refractivity contribution in [3.05, 3.63) is 0 Å². The minimum Gasteiger partial charge on any atom is -0.481 e. The lowest BCUT2D eigenvalue weighted by atomic mass is 10.1. The van der Waals surface area contributed by atoms with Crippen molar-refractivity contribution in [1.29, 1.82) is 0 Å². The molecule has 0 saturated carbocycles. The molecule has 1 rings (SSSR count). The van der Waals surface area contributed by atoms with E-state index in [-0.39, 0.29) is 12.5 Å². The standard InChI is InChI=1S/C7H12N2O3/c10-5-9-3-6(4-9)8-2-1-7(11)12/h5-6,8H,1-4H2,(H,11,12). The fourth-order valence-corrected chi connectivity index (χ4v) is 1.11. The monoisotopic (exact) mass is 172 g/mol. The van der Waals surface area contributed by atoms with E-state index in [1.165, 1.54) is 0 Å². The van der Waals surface area contributed by atoms with Crippen LogP contribution in [0.3, 0.4) is 0 Å². The molecule has 0 aliphatic carbocycles. The third-order valence-corrected chi connectivity index (χ3v) is 1.83. The van der Waals surface area contributed by atoms with Crippen LogP contribution in [0.1, 0.15) is 6.42 Å². The van der Waals surface area contributed by atoms with Gasteiger partial charge in [-0.1, -0.05) is 0 Å². The zero-order valence-corrected chi connectivity index (χ0v) is 6.69. The Morgan fingerprint density at radius 3 is 2.83 bits per heavy atom. The Morgan fingerprint density at radius 2 is 2.33 bits per heavy atom. The van der Waals surface area contributed by atoms with Gasteiger partial charge in [0.1, 0.15) is 0 Å². The van der Waals surface area contributed by atoms with Gasteiger partial charge in [0, 0.05) is 25.7 Å². The van der Waals surface area contributed by atoms with Crippen LogP contribution in [0.15, 0.2) is 0 Å². The van der Waals surface area contributed by atoms with Crippen molar-refractivity contribution >= 4 is 12.4 Å². The summed E-state index contributed by atoms with van der Waals surface area (Å²) in [6.45, 7) is 1.87. The highest BCUT2D eigenvalue weighted by molar-refractivity contribution is 5.66. The summed E-state index contributed by atoms with van der Waals surface area (Å²) in [6, 6.07) is 0.287. The number of carbonyl (C=O) groups is 2. The molecular weight excluding hydrogens is 160 g/mol. The van der Waals surface area contributed by atoms with E-state index >= 15 is 0 Å². The van der Waals surface area contributed by atoms with Crippen LogP contribution in [0.4, 0.5) is 0 Å². The summed E-state index contributed by atoms with van der Waals surface area (Å²) in [5.41, 5.74) is 0. The number of nitrogens with one attached hydrogen (secondary N) is 1. The molecule has 1 fully saturated rings. The smallest absolute Gasteiger partial charge is 0.304 e. The Hall–Kier alpha value is -1.10. The summed E-state index contributed by atoms with van der Waals surface area (Å²) < 4.78 is 0. The molecule has 68 valence electrons. The highest BCUT2D eigenvalue weighted by Gasteiger charge is 2.24. The third-order valence-electron chi connectivity index (χ3n) is 1.83. The first kappa shape index (κ1) is 8.99. The molecule has 12 heavy (non-hydrogen) atoms. The van der Waals surface area contributed by atoms with E-state index in [1.54, 1.807) is 4.90 Å². The van der Waals surface area contributed by atoms with E-state index in [4.69, 9.17) is 5.11 Å². The van der Waals surface area contributed by atoms with Gasteiger partial charge in [0.05, 0.1) is 6.42 Å². The maximum absolute atomic E-state index is 10.1. The molecule has 0 bridgehead atoms. The van der Waals surface area contributed by atoms with Gasteiger partial charge in [-0.3, -0.25) is 9.59 Å². The summed E-state index contributed by atoms with van der Waals surface area (Å²) in [7, 11) is 0. The molecule has 0 spiro atoms. The number of carbonyl (C=O) groups excluding carboxylic acids is 1. The van der Waals surface area contributed by atoms with Gasteiger partial charge < -0.3 is 15.3 Å². The van der Waals surface area contributed by atoms with Crippen molar-refractivity contribution in [2.45, 2.75) is 12.5 Å². The van der Waals surface area contributed by atoms with Gasteiger partial charge in [0.25, 0.3) is 0 Å². The zero-order chi connectivity index (χ0) is 8.97. The lowest BCUT2D eigenvalue weighted by Gasteiger charge is -2.36. The molecule has 0 unspecified atom stereocenters. The van der Waals surface area contributed by atoms with Crippen LogP contribution in [0.25, 0.3) is 0 Å². The maximum Gasteiger partial charge on any atom is 0.304 e. The normalized spacial score (nSPS) is 17.2. The van der Waals surface area contributed by atoms with Crippen molar-refractivity contribution in [1.82, 2.24) is 10.2 Å². The van der Waals surface area contributed by atoms with Crippen LogP contribution in [0, 0.1) is 0 Å². The van der Waals surface area contributed by atoms with E-state index < -0.39 is 5.97 Å². The molecule has 1 heterocycles. The molecular formula is C7H12N2O3. The lowest BCUT2D eigenvalue weighted by molar-refractivity contribution is -0.137. The van der Waals surface area contributed by atoms with Crippen LogP contribution in [0.2, 0.25) is 0 Å². The fourth-order valence-electron chi connectivity index (χ4n) is 1.11. The van der Waals surface area contributed by atoms with E-state index in [0.29, 0.717) is 19.6 Å². The van der Waals surface area contributed by atoms with Crippen molar-refractivity contribution in [2.75, 3.05) is 19.6 Å². The van der Waals surface area contributed by atoms with Gasteiger partial charge >= 0.3 is 5.97 Å². The Balaban J connectivity index is 1.97. The van der Waals surface area contributed by atoms with Crippen LogP contribution >= 0.6 is 0 Å². The zero-order valence-electron chi connectivity index (χ0n) is 6.69. The molecule has 1 aliphatic rings. The third kappa shape index (κ3) is 2.50.